The Balaban J connectivity index is 3.47. The summed E-state index contributed by atoms with van der Waals surface area (Å²) in [4.78, 5) is 0. The molecule has 0 aliphatic heterocycles. The van der Waals surface area contributed by atoms with E-state index < -0.39 is 0 Å². The summed E-state index contributed by atoms with van der Waals surface area (Å²) >= 11 is 0. The molecule has 57 valence electrons. The fourth-order valence-electron chi connectivity index (χ4n) is 0.691. The minimum absolute atomic E-state index is 1.15. The molecule has 0 aromatic rings. The summed E-state index contributed by atoms with van der Waals surface area (Å²) < 4.78 is 0. The molecule has 0 atom stereocenters. The predicted molar refractivity (Wildman–Crippen MR) is 47.8 cm³/mol. The average Bonchev–Trinajstić information content (AvgIpc) is 1.87. The molecule has 10 heavy (non-hydrogen) atoms. The van der Waals surface area contributed by atoms with Crippen molar-refractivity contribution in [3.8, 4) is 0 Å². The van der Waals surface area contributed by atoms with Crippen LogP contribution in [-0.2, 0) is 0 Å². The molecule has 0 aliphatic rings. The lowest BCUT2D eigenvalue weighted by Crippen LogP contribution is -1.74. The molecule has 0 fully saturated rings. The molecular weight excluding hydrogens is 120 g/mol. The Morgan fingerprint density at radius 3 is 2.30 bits per heavy atom. The van der Waals surface area contributed by atoms with E-state index in [1.807, 2.05) is 6.08 Å². The van der Waals surface area contributed by atoms with E-state index in [-0.39, 0.29) is 0 Å². The second-order valence-corrected chi connectivity index (χ2v) is 2.87. The summed E-state index contributed by atoms with van der Waals surface area (Å²) in [6.45, 7) is 10.1. The van der Waals surface area contributed by atoms with Gasteiger partial charge in [0.2, 0.25) is 0 Å². The fourth-order valence-corrected chi connectivity index (χ4v) is 0.691. The van der Waals surface area contributed by atoms with E-state index in [4.69, 9.17) is 0 Å². The van der Waals surface area contributed by atoms with Gasteiger partial charge in [-0.3, -0.25) is 0 Å². The van der Waals surface area contributed by atoms with Gasteiger partial charge in [-0.2, -0.15) is 0 Å². The van der Waals surface area contributed by atoms with Gasteiger partial charge in [0, 0.05) is 0 Å². The zero-order valence-electron chi connectivity index (χ0n) is 7.28. The molecule has 0 N–H and O–H groups in total. The monoisotopic (exact) mass is 137 g/mol. The molecular formula is C10H17. The highest BCUT2D eigenvalue weighted by Crippen LogP contribution is 2.05. The smallest absolute Gasteiger partial charge is 0.0288 e. The van der Waals surface area contributed by atoms with Gasteiger partial charge in [0.1, 0.15) is 0 Å². The highest BCUT2D eigenvalue weighted by molar-refractivity contribution is 5.02. The Kier molecular flexibility index (Phi) is 5.00. The number of allylic oxidation sites excluding steroid dienone is 4. The van der Waals surface area contributed by atoms with Crippen molar-refractivity contribution < 1.29 is 0 Å². The van der Waals surface area contributed by atoms with E-state index in [1.165, 1.54) is 11.1 Å². The lowest BCUT2D eigenvalue weighted by Gasteiger charge is -1.95. The van der Waals surface area contributed by atoms with E-state index in [2.05, 4.69) is 33.8 Å². The van der Waals surface area contributed by atoms with Crippen molar-refractivity contribution in [2.24, 2.45) is 0 Å². The topological polar surface area (TPSA) is 0 Å². The van der Waals surface area contributed by atoms with E-state index in [9.17, 15) is 0 Å². The largest absolute Gasteiger partial charge is 0.0856 e. The molecule has 0 aromatic carbocycles. The van der Waals surface area contributed by atoms with Crippen LogP contribution in [0.3, 0.4) is 0 Å². The molecule has 0 rings (SSSR count). The van der Waals surface area contributed by atoms with Gasteiger partial charge in [-0.25, -0.2) is 0 Å². The zero-order valence-corrected chi connectivity index (χ0v) is 7.28. The first kappa shape index (κ1) is 9.48. The molecule has 0 saturated carbocycles. The normalized spacial score (nSPS) is 11.4. The molecule has 0 saturated heterocycles. The van der Waals surface area contributed by atoms with Crippen molar-refractivity contribution in [3.63, 3.8) is 0 Å². The summed E-state index contributed by atoms with van der Waals surface area (Å²) in [6, 6.07) is 0. The molecule has 0 nitrogen and oxygen atoms in total. The van der Waals surface area contributed by atoms with Crippen LogP contribution in [0.4, 0.5) is 0 Å². The lowest BCUT2D eigenvalue weighted by molar-refractivity contribution is 0.967. The molecule has 0 heterocycles. The van der Waals surface area contributed by atoms with E-state index in [0.717, 1.165) is 12.8 Å². The van der Waals surface area contributed by atoms with Gasteiger partial charge >= 0.3 is 0 Å². The minimum Gasteiger partial charge on any atom is -0.0856 e. The SMILES string of the molecule is [CH2]/C=C(/C)CCC=C(C)C. The van der Waals surface area contributed by atoms with Crippen molar-refractivity contribution in [1.82, 2.24) is 0 Å². The molecule has 0 amide bonds. The third-order valence-corrected chi connectivity index (χ3v) is 1.44. The van der Waals surface area contributed by atoms with Gasteiger partial charge in [0.15, 0.2) is 0 Å². The van der Waals surface area contributed by atoms with Crippen molar-refractivity contribution >= 4 is 0 Å². The van der Waals surface area contributed by atoms with Crippen molar-refractivity contribution in [1.29, 1.82) is 0 Å². The van der Waals surface area contributed by atoms with Crippen LogP contribution in [0.1, 0.15) is 33.6 Å². The molecule has 0 aliphatic carbocycles. The van der Waals surface area contributed by atoms with Gasteiger partial charge in [-0.15, -0.1) is 0 Å². The maximum Gasteiger partial charge on any atom is -0.0288 e. The third-order valence-electron chi connectivity index (χ3n) is 1.44. The van der Waals surface area contributed by atoms with Crippen molar-refractivity contribution in [2.75, 3.05) is 0 Å². The molecule has 0 unspecified atom stereocenters. The van der Waals surface area contributed by atoms with Gasteiger partial charge in [-0.1, -0.05) is 23.3 Å². The summed E-state index contributed by atoms with van der Waals surface area (Å²) in [7, 11) is 0. The Bertz CT molecular complexity index is 134. The van der Waals surface area contributed by atoms with Gasteiger partial charge < -0.3 is 0 Å². The highest BCUT2D eigenvalue weighted by atomic mass is 13.9. The number of hydrogen-bond donors (Lipinski definition) is 0. The lowest BCUT2D eigenvalue weighted by atomic mass is 10.1. The molecule has 1 radical (unpaired) electrons. The Labute approximate surface area is 64.6 Å². The fraction of sp³-hybridized carbons (Fsp3) is 0.500. The van der Waals surface area contributed by atoms with Crippen LogP contribution in [0.5, 0.6) is 0 Å². The van der Waals surface area contributed by atoms with Crippen molar-refractivity contribution in [2.45, 2.75) is 33.6 Å². The highest BCUT2D eigenvalue weighted by Gasteiger charge is 1.84. The molecule has 0 heteroatoms. The van der Waals surface area contributed by atoms with E-state index in [1.54, 1.807) is 0 Å². The van der Waals surface area contributed by atoms with Crippen LogP contribution in [0, 0.1) is 6.92 Å². The molecule has 0 bridgehead atoms. The van der Waals surface area contributed by atoms with Gasteiger partial charge in [0.25, 0.3) is 0 Å². The van der Waals surface area contributed by atoms with E-state index in [0.29, 0.717) is 0 Å². The van der Waals surface area contributed by atoms with Gasteiger partial charge in [-0.05, 0) is 40.5 Å². The number of hydrogen-bond acceptors (Lipinski definition) is 0. The summed E-state index contributed by atoms with van der Waals surface area (Å²) in [6.07, 6.45) is 6.49. The summed E-state index contributed by atoms with van der Waals surface area (Å²) in [5.74, 6) is 0. The molecule has 0 aromatic heterocycles. The molecule has 0 spiro atoms. The summed E-state index contributed by atoms with van der Waals surface area (Å²) in [5, 5.41) is 0. The zero-order chi connectivity index (χ0) is 7.98. The minimum atomic E-state index is 1.15. The first-order valence-corrected chi connectivity index (χ1v) is 3.75. The van der Waals surface area contributed by atoms with Crippen LogP contribution in [0.15, 0.2) is 23.3 Å². The standard InChI is InChI=1S/C10H17/c1-5-10(4)8-6-7-9(2)3/h5,7H,1,6,8H2,2-4H3/b10-5-. The second kappa shape index (κ2) is 5.28. The summed E-state index contributed by atoms with van der Waals surface area (Å²) in [5.41, 5.74) is 2.77. The maximum atomic E-state index is 3.70. The van der Waals surface area contributed by atoms with E-state index >= 15 is 0 Å². The van der Waals surface area contributed by atoms with Crippen LogP contribution >= 0.6 is 0 Å². The third kappa shape index (κ3) is 5.61. The average molecular weight is 137 g/mol. The van der Waals surface area contributed by atoms with Crippen LogP contribution in [0.2, 0.25) is 0 Å². The first-order chi connectivity index (χ1) is 4.66. The number of rotatable bonds is 3. The Hall–Kier alpha value is -0.520. The Morgan fingerprint density at radius 1 is 1.30 bits per heavy atom. The maximum absolute atomic E-state index is 3.70. The van der Waals surface area contributed by atoms with Crippen molar-refractivity contribution in [3.05, 3.63) is 30.2 Å². The van der Waals surface area contributed by atoms with Crippen LogP contribution in [-0.4, -0.2) is 0 Å². The quantitative estimate of drug-likeness (QED) is 0.522. The Morgan fingerprint density at radius 2 is 1.90 bits per heavy atom. The van der Waals surface area contributed by atoms with Gasteiger partial charge in [0.05, 0.1) is 0 Å². The van der Waals surface area contributed by atoms with Crippen LogP contribution < -0.4 is 0 Å². The second-order valence-electron chi connectivity index (χ2n) is 2.87. The predicted octanol–water partition coefficient (Wildman–Crippen LogP) is 3.51. The first-order valence-electron chi connectivity index (χ1n) is 3.75. The van der Waals surface area contributed by atoms with Crippen LogP contribution in [0.25, 0.3) is 0 Å².